The molecule has 0 saturated heterocycles. The fourth-order valence-electron chi connectivity index (χ4n) is 6.33. The molecular formula is C37H30BrFNP. The monoisotopic (exact) mass is 617 g/mol. The number of fused-ring (bicyclic) bond motifs is 1. The third-order valence-electron chi connectivity index (χ3n) is 8.47. The molecule has 6 aromatic rings. The summed E-state index contributed by atoms with van der Waals surface area (Å²) in [4.78, 5) is 5.33. The molecule has 5 aromatic carbocycles. The van der Waals surface area contributed by atoms with Crippen molar-refractivity contribution in [3.63, 3.8) is 0 Å². The second-order valence-corrected chi connectivity index (χ2v) is 19.9. The molecule has 4 heteroatoms. The van der Waals surface area contributed by atoms with E-state index >= 15 is 4.39 Å². The van der Waals surface area contributed by atoms with Crippen LogP contribution in [0, 0.1) is 5.82 Å². The van der Waals surface area contributed by atoms with Crippen molar-refractivity contribution in [1.82, 2.24) is 4.98 Å². The fraction of sp³-hybridized carbons (Fsp3) is 0.108. The molecule has 7 rings (SSSR count). The van der Waals surface area contributed by atoms with Gasteiger partial charge in [0.25, 0.3) is 0 Å². The first-order chi connectivity index (χ1) is 20.1. The van der Waals surface area contributed by atoms with Crippen LogP contribution in [0.4, 0.5) is 4.39 Å². The van der Waals surface area contributed by atoms with Crippen molar-refractivity contribution in [2.24, 2.45) is 0 Å². The van der Waals surface area contributed by atoms with Gasteiger partial charge in [-0.1, -0.05) is 0 Å². The predicted molar refractivity (Wildman–Crippen MR) is 177 cm³/mol. The molecule has 0 atom stereocenters. The number of hydrogen-bond donors (Lipinski definition) is 0. The number of nitrogens with zero attached hydrogens (tertiary/aromatic N) is 1. The molecule has 1 aliphatic rings. The molecule has 1 nitrogen and oxygen atoms in total. The van der Waals surface area contributed by atoms with Crippen LogP contribution < -0.4 is 15.9 Å². The minimum absolute atomic E-state index is 0.208. The molecule has 1 fully saturated rings. The molecule has 0 unspecified atom stereocenters. The molecule has 1 aromatic heterocycles. The Labute approximate surface area is 248 Å². The van der Waals surface area contributed by atoms with Crippen molar-refractivity contribution in [3.05, 3.63) is 157 Å². The van der Waals surface area contributed by atoms with E-state index in [0.29, 0.717) is 17.6 Å². The summed E-state index contributed by atoms with van der Waals surface area (Å²) in [6, 6.07) is 47.9. The third-order valence-corrected chi connectivity index (χ3v) is 17.9. The van der Waals surface area contributed by atoms with Crippen LogP contribution in [0.2, 0.25) is 0 Å². The first-order valence-corrected chi connectivity index (χ1v) is 18.6. The molecule has 0 aliphatic heterocycles. The number of benzene rings is 5. The van der Waals surface area contributed by atoms with Crippen LogP contribution in [-0.2, 0) is 6.16 Å². The van der Waals surface area contributed by atoms with Gasteiger partial charge in [-0.05, 0) is 0 Å². The van der Waals surface area contributed by atoms with Gasteiger partial charge in [-0.25, -0.2) is 0 Å². The summed E-state index contributed by atoms with van der Waals surface area (Å²) in [6.45, 7) is 0. The summed E-state index contributed by atoms with van der Waals surface area (Å²) in [6.07, 6.45) is 2.89. The Hall–Kier alpha value is -3.65. The van der Waals surface area contributed by atoms with Crippen molar-refractivity contribution in [1.29, 1.82) is 0 Å². The normalized spacial score (nSPS) is 14.4. The first kappa shape index (κ1) is 26.3. The van der Waals surface area contributed by atoms with Crippen LogP contribution in [0.25, 0.3) is 22.0 Å². The Bertz CT molecular complexity index is 1750. The van der Waals surface area contributed by atoms with Gasteiger partial charge in [0.2, 0.25) is 0 Å². The molecule has 0 spiro atoms. The van der Waals surface area contributed by atoms with Gasteiger partial charge in [-0.15, -0.1) is 0 Å². The van der Waals surface area contributed by atoms with E-state index in [-0.39, 0.29) is 5.82 Å². The summed E-state index contributed by atoms with van der Waals surface area (Å²) in [7, 11) is 0. The second-order valence-electron chi connectivity index (χ2n) is 11.0. The molecule has 1 aliphatic carbocycles. The first-order valence-electron chi connectivity index (χ1n) is 14.1. The van der Waals surface area contributed by atoms with Gasteiger partial charge in [0.05, 0.1) is 0 Å². The number of rotatable bonds is 7. The van der Waals surface area contributed by atoms with Crippen LogP contribution in [0.5, 0.6) is 0 Å². The number of pyridine rings is 1. The van der Waals surface area contributed by atoms with E-state index in [1.54, 1.807) is 12.1 Å². The maximum atomic E-state index is 15.8. The maximum absolute atomic E-state index is 15.8. The van der Waals surface area contributed by atoms with E-state index < -0.39 is 5.31 Å². The van der Waals surface area contributed by atoms with Gasteiger partial charge in [-0.3, -0.25) is 0 Å². The standard InChI is InChI=1S/C37H30BrFNP/c38-41(28-14-4-1-5-15-28,29-16-6-2-7-17-29,30-18-8-3-9-19-30)26-33-36(31-20-10-12-22-34(31)39)32-21-11-13-23-35(32)40-37(33)27-24-25-27/h1-23,27H,24-26H2. The zero-order valence-electron chi connectivity index (χ0n) is 22.6. The number of aromatic nitrogens is 1. The molecular weight excluding hydrogens is 588 g/mol. The van der Waals surface area contributed by atoms with Crippen LogP contribution >= 0.6 is 20.8 Å². The zero-order chi connectivity index (χ0) is 27.9. The zero-order valence-corrected chi connectivity index (χ0v) is 25.1. The number of halogens is 2. The predicted octanol–water partition coefficient (Wildman–Crippen LogP) is 9.26. The van der Waals surface area contributed by atoms with Gasteiger partial charge >= 0.3 is 250 Å². The van der Waals surface area contributed by atoms with E-state index in [0.717, 1.165) is 40.6 Å². The van der Waals surface area contributed by atoms with Gasteiger partial charge in [0.1, 0.15) is 0 Å². The Kier molecular flexibility index (Phi) is 6.61. The second kappa shape index (κ2) is 10.3. The van der Waals surface area contributed by atoms with Crippen molar-refractivity contribution < 1.29 is 4.39 Å². The van der Waals surface area contributed by atoms with Gasteiger partial charge < -0.3 is 0 Å². The Balaban J connectivity index is 1.65. The number of hydrogen-bond acceptors (Lipinski definition) is 1. The Morgan fingerprint density at radius 1 is 0.634 bits per heavy atom. The summed E-state index contributed by atoms with van der Waals surface area (Å²) in [5.74, 6) is 0.171. The molecule has 0 N–H and O–H groups in total. The van der Waals surface area contributed by atoms with E-state index in [1.165, 1.54) is 15.9 Å². The van der Waals surface area contributed by atoms with E-state index in [1.807, 2.05) is 24.3 Å². The summed E-state index contributed by atoms with van der Waals surface area (Å²) in [5, 5.41) is 1.35. The molecule has 1 saturated carbocycles. The summed E-state index contributed by atoms with van der Waals surface area (Å²) >= 11 is 4.66. The Morgan fingerprint density at radius 2 is 1.12 bits per heavy atom. The number of para-hydroxylation sites is 1. The topological polar surface area (TPSA) is 12.9 Å². The summed E-state index contributed by atoms with van der Waals surface area (Å²) < 4.78 is 15.8. The van der Waals surface area contributed by atoms with Gasteiger partial charge in [0, 0.05) is 0 Å². The van der Waals surface area contributed by atoms with Crippen LogP contribution in [0.15, 0.2) is 140 Å². The third kappa shape index (κ3) is 4.35. The van der Waals surface area contributed by atoms with E-state index in [2.05, 4.69) is 119 Å². The SMILES string of the molecule is Fc1ccccc1-c1c(CP(Br)(c2ccccc2)(c2ccccc2)c2ccccc2)c(C2CC2)nc2ccccc12. The van der Waals surface area contributed by atoms with Crippen molar-refractivity contribution >= 4 is 47.6 Å². The summed E-state index contributed by atoms with van der Waals surface area (Å²) in [5.41, 5.74) is 4.77. The van der Waals surface area contributed by atoms with Crippen molar-refractivity contribution in [2.75, 3.05) is 0 Å². The van der Waals surface area contributed by atoms with Crippen molar-refractivity contribution in [2.45, 2.75) is 24.9 Å². The van der Waals surface area contributed by atoms with Gasteiger partial charge in [0.15, 0.2) is 0 Å². The van der Waals surface area contributed by atoms with Crippen LogP contribution in [0.1, 0.15) is 30.0 Å². The van der Waals surface area contributed by atoms with Crippen LogP contribution in [0.3, 0.4) is 0 Å². The van der Waals surface area contributed by atoms with Crippen molar-refractivity contribution in [3.8, 4) is 11.1 Å². The molecule has 41 heavy (non-hydrogen) atoms. The quantitative estimate of drug-likeness (QED) is 0.163. The van der Waals surface area contributed by atoms with Gasteiger partial charge in [-0.2, -0.15) is 0 Å². The average Bonchev–Trinajstić information content (AvgIpc) is 3.88. The minimum atomic E-state index is -3.36. The molecule has 1 heterocycles. The molecule has 202 valence electrons. The molecule has 0 amide bonds. The fourth-order valence-corrected chi connectivity index (χ4v) is 13.9. The Morgan fingerprint density at radius 3 is 1.66 bits per heavy atom. The van der Waals surface area contributed by atoms with Crippen LogP contribution in [-0.4, -0.2) is 4.98 Å². The van der Waals surface area contributed by atoms with E-state index in [4.69, 9.17) is 4.98 Å². The average molecular weight is 619 g/mol. The molecule has 0 radical (unpaired) electrons. The molecule has 0 bridgehead atoms. The van der Waals surface area contributed by atoms with E-state index in [9.17, 15) is 0 Å².